The van der Waals surface area contributed by atoms with Crippen molar-refractivity contribution in [3.63, 3.8) is 0 Å². The fourth-order valence-corrected chi connectivity index (χ4v) is 3.01. The molecule has 2 aromatic heterocycles. The van der Waals surface area contributed by atoms with Crippen LogP contribution in [-0.2, 0) is 10.0 Å². The predicted octanol–water partition coefficient (Wildman–Crippen LogP) is 3.07. The van der Waals surface area contributed by atoms with E-state index in [2.05, 4.69) is 19.7 Å². The highest BCUT2D eigenvalue weighted by molar-refractivity contribution is 7.92. The van der Waals surface area contributed by atoms with Gasteiger partial charge in [-0.1, -0.05) is 35.3 Å². The van der Waals surface area contributed by atoms with Crippen LogP contribution in [0.25, 0.3) is 11.0 Å². The lowest BCUT2D eigenvalue weighted by Gasteiger charge is -2.05. The number of nitrogens with one attached hydrogen (secondary N) is 2. The van der Waals surface area contributed by atoms with Crippen molar-refractivity contribution in [1.82, 2.24) is 15.0 Å². The maximum absolute atomic E-state index is 12.2. The minimum Gasteiger partial charge on any atom is -0.323 e. The zero-order valence-corrected chi connectivity index (χ0v) is 12.7. The third kappa shape index (κ3) is 2.80. The molecule has 1 aromatic carbocycles. The fraction of sp³-hybridized carbons (Fsp3) is 0. The summed E-state index contributed by atoms with van der Waals surface area (Å²) in [5.41, 5.74) is 1.38. The summed E-state index contributed by atoms with van der Waals surface area (Å²) in [6, 6.07) is 8.42. The Labute approximate surface area is 130 Å². The van der Waals surface area contributed by atoms with Gasteiger partial charge in [0, 0.05) is 6.20 Å². The van der Waals surface area contributed by atoms with E-state index in [4.69, 9.17) is 23.2 Å². The third-order valence-corrected chi connectivity index (χ3v) is 4.69. The average molecular weight is 343 g/mol. The molecular formula is C12H8Cl2N4O2S. The van der Waals surface area contributed by atoms with E-state index in [1.165, 1.54) is 6.07 Å². The summed E-state index contributed by atoms with van der Waals surface area (Å²) in [4.78, 5) is 10.6. The molecule has 0 spiro atoms. The largest absolute Gasteiger partial charge is 0.323 e. The standard InChI is InChI=1S/C12H8Cl2N4O2S/c13-8-5-7(6-15-11(8)14)21(19,20)18-12-16-9-3-1-2-4-10(9)17-12/h1-6H,(H2,16,17,18). The number of hydrogen-bond acceptors (Lipinski definition) is 4. The van der Waals surface area contributed by atoms with E-state index in [9.17, 15) is 8.42 Å². The van der Waals surface area contributed by atoms with Crippen molar-refractivity contribution in [2.24, 2.45) is 0 Å². The fourth-order valence-electron chi connectivity index (χ4n) is 1.74. The molecule has 6 nitrogen and oxygen atoms in total. The van der Waals surface area contributed by atoms with Gasteiger partial charge in [-0.25, -0.2) is 23.1 Å². The second kappa shape index (κ2) is 5.18. The number of rotatable bonds is 3. The normalized spacial score (nSPS) is 11.7. The highest BCUT2D eigenvalue weighted by Gasteiger charge is 2.18. The molecule has 0 amide bonds. The Hall–Kier alpha value is -1.83. The van der Waals surface area contributed by atoms with Crippen LogP contribution in [0.1, 0.15) is 0 Å². The highest BCUT2D eigenvalue weighted by Crippen LogP contribution is 2.23. The van der Waals surface area contributed by atoms with Gasteiger partial charge in [0.1, 0.15) is 10.0 Å². The Morgan fingerprint density at radius 2 is 1.95 bits per heavy atom. The lowest BCUT2D eigenvalue weighted by Crippen LogP contribution is -2.14. The van der Waals surface area contributed by atoms with E-state index >= 15 is 0 Å². The number of pyridine rings is 1. The van der Waals surface area contributed by atoms with Gasteiger partial charge in [-0.2, -0.15) is 0 Å². The number of hydrogen-bond donors (Lipinski definition) is 2. The van der Waals surface area contributed by atoms with Gasteiger partial charge in [0.05, 0.1) is 16.1 Å². The lowest BCUT2D eigenvalue weighted by molar-refractivity contribution is 0.600. The number of fused-ring (bicyclic) bond motifs is 1. The smallest absolute Gasteiger partial charge is 0.265 e. The van der Waals surface area contributed by atoms with Crippen molar-refractivity contribution in [3.8, 4) is 0 Å². The molecule has 9 heteroatoms. The Bertz CT molecular complexity index is 891. The van der Waals surface area contributed by atoms with Crippen molar-refractivity contribution in [2.45, 2.75) is 4.90 Å². The first-order valence-electron chi connectivity index (χ1n) is 5.74. The van der Waals surface area contributed by atoms with Gasteiger partial charge < -0.3 is 4.98 Å². The third-order valence-electron chi connectivity index (χ3n) is 2.70. The van der Waals surface area contributed by atoms with Crippen LogP contribution in [0.4, 0.5) is 5.95 Å². The van der Waals surface area contributed by atoms with Crippen molar-refractivity contribution in [1.29, 1.82) is 0 Å². The molecule has 0 radical (unpaired) electrons. The molecule has 3 rings (SSSR count). The van der Waals surface area contributed by atoms with Gasteiger partial charge in [-0.05, 0) is 18.2 Å². The summed E-state index contributed by atoms with van der Waals surface area (Å²) in [7, 11) is -3.85. The quantitative estimate of drug-likeness (QED) is 0.716. The van der Waals surface area contributed by atoms with Crippen molar-refractivity contribution < 1.29 is 8.42 Å². The van der Waals surface area contributed by atoms with Crippen LogP contribution in [0.2, 0.25) is 10.2 Å². The van der Waals surface area contributed by atoms with E-state index < -0.39 is 10.0 Å². The van der Waals surface area contributed by atoms with Crippen LogP contribution in [-0.4, -0.2) is 23.4 Å². The highest BCUT2D eigenvalue weighted by atomic mass is 35.5. The van der Waals surface area contributed by atoms with Crippen LogP contribution < -0.4 is 4.72 Å². The molecule has 0 aliphatic rings. The lowest BCUT2D eigenvalue weighted by atomic mass is 10.3. The second-order valence-corrected chi connectivity index (χ2v) is 6.60. The number of imidazole rings is 1. The van der Waals surface area contributed by atoms with E-state index in [1.54, 1.807) is 12.1 Å². The van der Waals surface area contributed by atoms with Crippen LogP contribution in [0.5, 0.6) is 0 Å². The Kier molecular flexibility index (Phi) is 3.48. The van der Waals surface area contributed by atoms with E-state index in [0.29, 0.717) is 5.52 Å². The number of benzene rings is 1. The number of H-pyrrole nitrogens is 1. The molecule has 3 aromatic rings. The molecular weight excluding hydrogens is 335 g/mol. The topological polar surface area (TPSA) is 87.7 Å². The first-order chi connectivity index (χ1) is 9.95. The molecule has 108 valence electrons. The average Bonchev–Trinajstić information content (AvgIpc) is 2.82. The van der Waals surface area contributed by atoms with E-state index in [0.717, 1.165) is 11.7 Å². The van der Waals surface area contributed by atoms with Gasteiger partial charge in [-0.15, -0.1) is 0 Å². The van der Waals surface area contributed by atoms with Crippen molar-refractivity contribution in [3.05, 3.63) is 46.7 Å². The first kappa shape index (κ1) is 14.1. The maximum Gasteiger partial charge on any atom is 0.265 e. The minimum absolute atomic E-state index is 0.0411. The molecule has 2 N–H and O–H groups in total. The van der Waals surface area contributed by atoms with Crippen molar-refractivity contribution in [2.75, 3.05) is 4.72 Å². The summed E-state index contributed by atoms with van der Waals surface area (Å²) in [6.07, 6.45) is 1.12. The minimum atomic E-state index is -3.85. The molecule has 0 unspecified atom stereocenters. The Balaban J connectivity index is 1.96. The van der Waals surface area contributed by atoms with E-state index in [-0.39, 0.29) is 21.0 Å². The summed E-state index contributed by atoms with van der Waals surface area (Å²) in [6.45, 7) is 0. The van der Waals surface area contributed by atoms with Crippen LogP contribution in [0.3, 0.4) is 0 Å². The number of anilines is 1. The van der Waals surface area contributed by atoms with Gasteiger partial charge in [0.15, 0.2) is 0 Å². The number of para-hydroxylation sites is 2. The maximum atomic E-state index is 12.2. The molecule has 21 heavy (non-hydrogen) atoms. The van der Waals surface area contributed by atoms with Gasteiger partial charge >= 0.3 is 0 Å². The molecule has 0 fully saturated rings. The van der Waals surface area contributed by atoms with Crippen LogP contribution in [0.15, 0.2) is 41.4 Å². The molecule has 0 saturated carbocycles. The summed E-state index contributed by atoms with van der Waals surface area (Å²) in [5.74, 6) is 0.113. The molecule has 2 heterocycles. The monoisotopic (exact) mass is 342 g/mol. The zero-order chi connectivity index (χ0) is 15.0. The summed E-state index contributed by atoms with van der Waals surface area (Å²) in [5, 5.41) is 0.100. The predicted molar refractivity (Wildman–Crippen MR) is 81.2 cm³/mol. The Morgan fingerprint density at radius 3 is 2.67 bits per heavy atom. The number of aromatic amines is 1. The van der Waals surface area contributed by atoms with Gasteiger partial charge in [0.25, 0.3) is 10.0 Å². The zero-order valence-electron chi connectivity index (χ0n) is 10.3. The molecule has 0 aliphatic carbocycles. The van der Waals surface area contributed by atoms with E-state index in [1.807, 2.05) is 12.1 Å². The number of halogens is 2. The number of sulfonamides is 1. The number of nitrogens with zero attached hydrogens (tertiary/aromatic N) is 2. The SMILES string of the molecule is O=S(=O)(Nc1nc2ccccc2[nH]1)c1cnc(Cl)c(Cl)c1. The molecule has 0 saturated heterocycles. The van der Waals surface area contributed by atoms with Crippen LogP contribution >= 0.6 is 23.2 Å². The van der Waals surface area contributed by atoms with Crippen molar-refractivity contribution >= 4 is 50.2 Å². The Morgan fingerprint density at radius 1 is 1.19 bits per heavy atom. The molecule has 0 atom stereocenters. The van der Waals surface area contributed by atoms with Gasteiger partial charge in [-0.3, -0.25) is 0 Å². The van der Waals surface area contributed by atoms with Gasteiger partial charge in [0.2, 0.25) is 5.95 Å². The summed E-state index contributed by atoms with van der Waals surface area (Å²) < 4.78 is 26.8. The summed E-state index contributed by atoms with van der Waals surface area (Å²) >= 11 is 11.4. The second-order valence-electron chi connectivity index (χ2n) is 4.15. The number of aromatic nitrogens is 3. The van der Waals surface area contributed by atoms with Crippen LogP contribution in [0, 0.1) is 0 Å². The molecule has 0 bridgehead atoms. The molecule has 0 aliphatic heterocycles. The first-order valence-corrected chi connectivity index (χ1v) is 7.98.